The van der Waals surface area contributed by atoms with E-state index in [0.29, 0.717) is 0 Å². The standard InChI is InChI=1S/C25H22NOPS/c27-24-23(25-26(24)17-10-18-29-25)19-28(20-11-4-1-5-12-20,21-13-6-2-7-14-21)22-15-8-3-9-16-22/h1-17,19,23,25H,18H2/t23?,25-/m0/s1. The second-order valence-corrected chi connectivity index (χ2v) is 11.7. The zero-order chi connectivity index (χ0) is 19.7. The third-order valence-electron chi connectivity index (χ3n) is 5.62. The van der Waals surface area contributed by atoms with Crippen LogP contribution in [0.3, 0.4) is 0 Å². The van der Waals surface area contributed by atoms with Crippen LogP contribution in [0.4, 0.5) is 0 Å². The number of hydrogen-bond acceptors (Lipinski definition) is 2. The van der Waals surface area contributed by atoms with Gasteiger partial charge >= 0.3 is 0 Å². The first-order valence-electron chi connectivity index (χ1n) is 9.83. The van der Waals surface area contributed by atoms with Gasteiger partial charge in [0.15, 0.2) is 0 Å². The molecule has 2 atom stereocenters. The molecule has 0 N–H and O–H groups in total. The Labute approximate surface area is 176 Å². The van der Waals surface area contributed by atoms with Crippen molar-refractivity contribution in [2.24, 2.45) is 5.92 Å². The van der Waals surface area contributed by atoms with Crippen LogP contribution >= 0.6 is 18.6 Å². The van der Waals surface area contributed by atoms with Gasteiger partial charge in [-0.05, 0) is 22.8 Å². The normalized spacial score (nSPS) is 20.7. The van der Waals surface area contributed by atoms with E-state index in [4.69, 9.17) is 0 Å². The summed E-state index contributed by atoms with van der Waals surface area (Å²) in [6.07, 6.45) is 4.03. The van der Waals surface area contributed by atoms with E-state index in [0.717, 1.165) is 5.75 Å². The minimum absolute atomic E-state index is 0.0705. The summed E-state index contributed by atoms with van der Waals surface area (Å²) in [5.41, 5.74) is 0. The second-order valence-electron chi connectivity index (χ2n) is 7.26. The van der Waals surface area contributed by atoms with E-state index in [2.05, 4.69) is 103 Å². The van der Waals surface area contributed by atoms with Gasteiger partial charge in [0.1, 0.15) is 0 Å². The van der Waals surface area contributed by atoms with Crippen molar-refractivity contribution in [1.82, 2.24) is 4.90 Å². The summed E-state index contributed by atoms with van der Waals surface area (Å²) < 4.78 is 0. The molecule has 3 aromatic rings. The van der Waals surface area contributed by atoms with Gasteiger partial charge in [0.05, 0.1) is 11.3 Å². The Balaban J connectivity index is 1.79. The number of hydrogen-bond donors (Lipinski definition) is 0. The third-order valence-corrected chi connectivity index (χ3v) is 11.0. The molecule has 2 nitrogen and oxygen atoms in total. The molecule has 0 bridgehead atoms. The minimum atomic E-state index is -2.09. The summed E-state index contributed by atoms with van der Waals surface area (Å²) >= 11 is 1.86. The van der Waals surface area contributed by atoms with Crippen LogP contribution in [0.25, 0.3) is 0 Å². The molecule has 2 aliphatic rings. The highest BCUT2D eigenvalue weighted by molar-refractivity contribution is 8.00. The number of carbonyl (C=O) groups is 1. The van der Waals surface area contributed by atoms with Gasteiger partial charge < -0.3 is 4.90 Å². The maximum absolute atomic E-state index is 13.0. The summed E-state index contributed by atoms with van der Waals surface area (Å²) in [7, 11) is 0. The lowest BCUT2D eigenvalue weighted by Gasteiger charge is -2.46. The molecule has 1 amide bonds. The zero-order valence-corrected chi connectivity index (χ0v) is 17.7. The van der Waals surface area contributed by atoms with E-state index in [1.54, 1.807) is 0 Å². The molecule has 0 aliphatic carbocycles. The molecule has 1 saturated heterocycles. The Morgan fingerprint density at radius 1 is 0.793 bits per heavy atom. The van der Waals surface area contributed by atoms with Gasteiger partial charge in [-0.15, -0.1) is 11.8 Å². The Kier molecular flexibility index (Phi) is 4.95. The number of thioether (sulfide) groups is 1. The smallest absolute Gasteiger partial charge is 0.237 e. The van der Waals surface area contributed by atoms with Crippen LogP contribution in [0.2, 0.25) is 0 Å². The fraction of sp³-hybridized carbons (Fsp3) is 0.120. The molecule has 1 fully saturated rings. The van der Waals surface area contributed by atoms with Crippen LogP contribution in [-0.2, 0) is 4.79 Å². The lowest BCUT2D eigenvalue weighted by atomic mass is 10.0. The largest absolute Gasteiger partial charge is 0.305 e. The SMILES string of the molecule is O=C1C(C=P(c2ccccc2)(c2ccccc2)c2ccccc2)[C@@H]2SCC=CN12. The first-order valence-corrected chi connectivity index (χ1v) is 12.7. The second kappa shape index (κ2) is 7.74. The number of benzene rings is 3. The van der Waals surface area contributed by atoms with Gasteiger partial charge in [-0.1, -0.05) is 103 Å². The van der Waals surface area contributed by atoms with Gasteiger partial charge in [-0.25, -0.2) is 0 Å². The van der Waals surface area contributed by atoms with Crippen LogP contribution in [0.1, 0.15) is 0 Å². The predicted octanol–water partition coefficient (Wildman–Crippen LogP) is 3.83. The number of β-lactam (4-membered cyclic amide) rings is 1. The molecule has 29 heavy (non-hydrogen) atoms. The molecule has 4 heteroatoms. The third kappa shape index (κ3) is 3.10. The summed E-state index contributed by atoms with van der Waals surface area (Å²) in [5, 5.41) is 4.09. The molecule has 0 spiro atoms. The van der Waals surface area contributed by atoms with E-state index >= 15 is 0 Å². The molecule has 0 radical (unpaired) electrons. The molecule has 2 heterocycles. The molecular formula is C25H22NOPS. The van der Waals surface area contributed by atoms with Crippen molar-refractivity contribution in [3.05, 3.63) is 103 Å². The zero-order valence-electron chi connectivity index (χ0n) is 16.0. The van der Waals surface area contributed by atoms with Gasteiger partial charge in [-0.3, -0.25) is 4.79 Å². The first kappa shape index (κ1) is 18.5. The topological polar surface area (TPSA) is 20.3 Å². The minimum Gasteiger partial charge on any atom is -0.305 e. The summed E-state index contributed by atoms with van der Waals surface area (Å²) in [4.78, 5) is 14.9. The molecule has 5 rings (SSSR count). The monoisotopic (exact) mass is 415 g/mol. The average Bonchev–Trinajstić information content (AvgIpc) is 2.81. The van der Waals surface area contributed by atoms with Crippen molar-refractivity contribution >= 4 is 46.3 Å². The van der Waals surface area contributed by atoms with E-state index in [1.807, 2.05) is 22.9 Å². The van der Waals surface area contributed by atoms with E-state index in [-0.39, 0.29) is 17.2 Å². The number of carbonyl (C=O) groups excluding carboxylic acids is 1. The van der Waals surface area contributed by atoms with Crippen LogP contribution in [0.15, 0.2) is 103 Å². The Morgan fingerprint density at radius 2 is 1.28 bits per heavy atom. The van der Waals surface area contributed by atoms with Gasteiger partial charge in [0, 0.05) is 12.0 Å². The van der Waals surface area contributed by atoms with E-state index in [9.17, 15) is 4.79 Å². The lowest BCUT2D eigenvalue weighted by molar-refractivity contribution is -0.141. The van der Waals surface area contributed by atoms with Crippen LogP contribution in [0, 0.1) is 5.92 Å². The maximum Gasteiger partial charge on any atom is 0.237 e. The lowest BCUT2D eigenvalue weighted by Crippen LogP contribution is -2.58. The van der Waals surface area contributed by atoms with Crippen molar-refractivity contribution in [1.29, 1.82) is 0 Å². The first-order chi connectivity index (χ1) is 14.3. The van der Waals surface area contributed by atoms with Gasteiger partial charge in [-0.2, -0.15) is 0 Å². The van der Waals surface area contributed by atoms with Gasteiger partial charge in [0.2, 0.25) is 5.91 Å². The summed E-state index contributed by atoms with van der Waals surface area (Å²) in [6.45, 7) is -2.09. The Bertz CT molecular complexity index is 992. The molecular weight excluding hydrogens is 393 g/mol. The molecule has 1 unspecified atom stereocenters. The Morgan fingerprint density at radius 3 is 1.76 bits per heavy atom. The fourth-order valence-electron chi connectivity index (χ4n) is 4.24. The van der Waals surface area contributed by atoms with Crippen LogP contribution in [0.5, 0.6) is 0 Å². The number of rotatable bonds is 4. The number of amides is 1. The highest BCUT2D eigenvalue weighted by Crippen LogP contribution is 2.48. The maximum atomic E-state index is 13.0. The molecule has 144 valence electrons. The van der Waals surface area contributed by atoms with Crippen LogP contribution < -0.4 is 15.9 Å². The average molecular weight is 415 g/mol. The van der Waals surface area contributed by atoms with E-state index < -0.39 is 6.89 Å². The van der Waals surface area contributed by atoms with Crippen molar-refractivity contribution in [2.45, 2.75) is 5.37 Å². The molecule has 2 aliphatic heterocycles. The number of nitrogens with zero attached hydrogens (tertiary/aromatic N) is 1. The van der Waals surface area contributed by atoms with Crippen molar-refractivity contribution in [3.8, 4) is 0 Å². The van der Waals surface area contributed by atoms with Crippen molar-refractivity contribution in [2.75, 3.05) is 5.75 Å². The summed E-state index contributed by atoms with van der Waals surface area (Å²) in [6, 6.07) is 32.2. The fourth-order valence-corrected chi connectivity index (χ4v) is 9.59. The quantitative estimate of drug-likeness (QED) is 0.477. The highest BCUT2D eigenvalue weighted by atomic mass is 32.2. The molecule has 3 aromatic carbocycles. The van der Waals surface area contributed by atoms with Crippen molar-refractivity contribution < 1.29 is 4.79 Å². The Hall–Kier alpha value is -2.48. The number of fused-ring (bicyclic) bond motifs is 1. The summed E-state index contributed by atoms with van der Waals surface area (Å²) in [5.74, 6) is 3.51. The van der Waals surface area contributed by atoms with Crippen LogP contribution in [-0.4, -0.2) is 27.7 Å². The van der Waals surface area contributed by atoms with Crippen molar-refractivity contribution in [3.63, 3.8) is 0 Å². The predicted molar refractivity (Wildman–Crippen MR) is 127 cm³/mol. The highest BCUT2D eigenvalue weighted by Gasteiger charge is 2.47. The van der Waals surface area contributed by atoms with E-state index in [1.165, 1.54) is 15.9 Å². The molecule has 0 aromatic heterocycles. The van der Waals surface area contributed by atoms with Gasteiger partial charge in [0.25, 0.3) is 0 Å². The molecule has 0 saturated carbocycles.